The molecule has 0 saturated carbocycles. The third kappa shape index (κ3) is 5.19. The number of carbonyl (C=O) groups is 2. The molecule has 1 aliphatic heterocycles. The summed E-state index contributed by atoms with van der Waals surface area (Å²) >= 11 is 0. The van der Waals surface area contributed by atoms with E-state index in [1.807, 2.05) is 48.5 Å². The number of hydrogen-bond donors (Lipinski definition) is 2. The van der Waals surface area contributed by atoms with Crippen molar-refractivity contribution in [3.63, 3.8) is 0 Å². The summed E-state index contributed by atoms with van der Waals surface area (Å²) in [6.07, 6.45) is 2.37. The number of hydrogen-bond acceptors (Lipinski definition) is 3. The van der Waals surface area contributed by atoms with Gasteiger partial charge in [-0.1, -0.05) is 60.7 Å². The Kier molecular flexibility index (Phi) is 6.75. The molecule has 1 heterocycles. The van der Waals surface area contributed by atoms with Crippen LogP contribution < -0.4 is 10.6 Å². The van der Waals surface area contributed by atoms with E-state index < -0.39 is 0 Å². The molecule has 2 amide bonds. The molecular weight excluding hydrogens is 386 g/mol. The van der Waals surface area contributed by atoms with Crippen LogP contribution in [-0.2, 0) is 0 Å². The average molecular weight is 414 g/mol. The fraction of sp³-hybridized carbons (Fsp3) is 0.231. The van der Waals surface area contributed by atoms with E-state index in [0.29, 0.717) is 23.4 Å². The van der Waals surface area contributed by atoms with Gasteiger partial charge in [-0.3, -0.25) is 14.5 Å². The molecule has 5 heteroatoms. The Labute approximate surface area is 183 Å². The highest BCUT2D eigenvalue weighted by molar-refractivity contribution is 6.08. The number of rotatable bonds is 7. The predicted molar refractivity (Wildman–Crippen MR) is 123 cm³/mol. The largest absolute Gasteiger partial charge is 0.350 e. The third-order valence-electron chi connectivity index (χ3n) is 5.68. The maximum absolute atomic E-state index is 13.1. The van der Waals surface area contributed by atoms with Crippen LogP contribution in [0.25, 0.3) is 0 Å². The Hall–Kier alpha value is -3.44. The summed E-state index contributed by atoms with van der Waals surface area (Å²) in [6, 6.07) is 26.6. The van der Waals surface area contributed by atoms with Crippen molar-refractivity contribution in [2.24, 2.45) is 0 Å². The molecule has 158 valence electrons. The molecule has 3 aromatic rings. The van der Waals surface area contributed by atoms with Gasteiger partial charge in [-0.15, -0.1) is 0 Å². The molecule has 0 spiro atoms. The lowest BCUT2D eigenvalue weighted by molar-refractivity contribution is 0.0939. The molecule has 5 nitrogen and oxygen atoms in total. The summed E-state index contributed by atoms with van der Waals surface area (Å²) in [5.41, 5.74) is 2.72. The van der Waals surface area contributed by atoms with Crippen LogP contribution in [0.5, 0.6) is 0 Å². The lowest BCUT2D eigenvalue weighted by Crippen LogP contribution is -2.37. The highest BCUT2D eigenvalue weighted by Gasteiger charge is 2.24. The molecule has 31 heavy (non-hydrogen) atoms. The Bertz CT molecular complexity index is 1020. The van der Waals surface area contributed by atoms with E-state index in [9.17, 15) is 9.59 Å². The zero-order valence-electron chi connectivity index (χ0n) is 17.5. The van der Waals surface area contributed by atoms with Gasteiger partial charge in [-0.05, 0) is 55.8 Å². The van der Waals surface area contributed by atoms with Crippen molar-refractivity contribution in [2.45, 2.75) is 18.9 Å². The number of carbonyl (C=O) groups excluding carboxylic acids is 2. The molecule has 1 unspecified atom stereocenters. The van der Waals surface area contributed by atoms with Crippen LogP contribution in [0.3, 0.4) is 0 Å². The van der Waals surface area contributed by atoms with Crippen LogP contribution >= 0.6 is 0 Å². The number of anilines is 1. The second kappa shape index (κ2) is 10.0. The van der Waals surface area contributed by atoms with Crippen LogP contribution in [0.4, 0.5) is 5.69 Å². The Morgan fingerprint density at radius 1 is 0.774 bits per heavy atom. The molecule has 1 saturated heterocycles. The molecule has 1 fully saturated rings. The maximum Gasteiger partial charge on any atom is 0.255 e. The van der Waals surface area contributed by atoms with Crippen LogP contribution in [0.1, 0.15) is 45.2 Å². The summed E-state index contributed by atoms with van der Waals surface area (Å²) < 4.78 is 0. The lowest BCUT2D eigenvalue weighted by Gasteiger charge is -2.28. The highest BCUT2D eigenvalue weighted by atomic mass is 16.2. The van der Waals surface area contributed by atoms with Gasteiger partial charge in [0.25, 0.3) is 11.8 Å². The standard InChI is InChI=1S/C26H27N3O2/c30-25(21-13-5-2-6-14-21)28-23-16-8-7-15-22(23)26(31)27-19-24(29-17-9-10-18-29)20-11-3-1-4-12-20/h1-8,11-16,24H,9-10,17-19H2,(H,27,31)(H,28,30). The normalized spacial score (nSPS) is 14.7. The molecule has 1 aliphatic rings. The second-order valence-electron chi connectivity index (χ2n) is 7.75. The van der Waals surface area contributed by atoms with E-state index >= 15 is 0 Å². The van der Waals surface area contributed by atoms with Crippen molar-refractivity contribution in [2.75, 3.05) is 25.0 Å². The molecule has 2 N–H and O–H groups in total. The van der Waals surface area contributed by atoms with E-state index in [1.165, 1.54) is 18.4 Å². The van der Waals surface area contributed by atoms with Gasteiger partial charge >= 0.3 is 0 Å². The fourth-order valence-electron chi connectivity index (χ4n) is 4.04. The summed E-state index contributed by atoms with van der Waals surface area (Å²) in [5.74, 6) is -0.427. The monoisotopic (exact) mass is 413 g/mol. The van der Waals surface area contributed by atoms with Crippen molar-refractivity contribution in [3.8, 4) is 0 Å². The van der Waals surface area contributed by atoms with Crippen LogP contribution in [0, 0.1) is 0 Å². The highest BCUT2D eigenvalue weighted by Crippen LogP contribution is 2.25. The van der Waals surface area contributed by atoms with E-state index in [-0.39, 0.29) is 17.9 Å². The van der Waals surface area contributed by atoms with Gasteiger partial charge in [0, 0.05) is 12.1 Å². The first-order valence-corrected chi connectivity index (χ1v) is 10.7. The minimum absolute atomic E-state index is 0.138. The van der Waals surface area contributed by atoms with Gasteiger partial charge in [0.1, 0.15) is 0 Å². The van der Waals surface area contributed by atoms with Gasteiger partial charge in [0.2, 0.25) is 0 Å². The molecule has 0 bridgehead atoms. The van der Waals surface area contributed by atoms with Gasteiger partial charge < -0.3 is 10.6 Å². The van der Waals surface area contributed by atoms with Gasteiger partial charge in [-0.25, -0.2) is 0 Å². The molecule has 3 aromatic carbocycles. The predicted octanol–water partition coefficient (Wildman–Crippen LogP) is 4.51. The Morgan fingerprint density at radius 2 is 1.39 bits per heavy atom. The number of likely N-dealkylation sites (tertiary alicyclic amines) is 1. The third-order valence-corrected chi connectivity index (χ3v) is 5.68. The Balaban J connectivity index is 1.47. The summed E-state index contributed by atoms with van der Waals surface area (Å²) in [5, 5.41) is 5.97. The van der Waals surface area contributed by atoms with Crippen molar-refractivity contribution >= 4 is 17.5 Å². The number of amides is 2. The summed E-state index contributed by atoms with van der Waals surface area (Å²) in [4.78, 5) is 28.0. The van der Waals surface area contributed by atoms with Gasteiger partial charge in [-0.2, -0.15) is 0 Å². The van der Waals surface area contributed by atoms with Crippen LogP contribution in [0.15, 0.2) is 84.9 Å². The average Bonchev–Trinajstić information content (AvgIpc) is 3.35. The zero-order chi connectivity index (χ0) is 21.5. The molecule has 0 aromatic heterocycles. The topological polar surface area (TPSA) is 61.4 Å². The first-order chi connectivity index (χ1) is 15.2. The maximum atomic E-state index is 13.1. The molecule has 0 aliphatic carbocycles. The van der Waals surface area contributed by atoms with E-state index in [0.717, 1.165) is 13.1 Å². The minimum atomic E-state index is -0.236. The second-order valence-corrected chi connectivity index (χ2v) is 7.75. The number of nitrogens with zero attached hydrogens (tertiary/aromatic N) is 1. The lowest BCUT2D eigenvalue weighted by atomic mass is 10.1. The fourth-order valence-corrected chi connectivity index (χ4v) is 4.04. The molecule has 1 atom stereocenters. The van der Waals surface area contributed by atoms with Crippen molar-refractivity contribution < 1.29 is 9.59 Å². The SMILES string of the molecule is O=C(Nc1ccccc1C(=O)NCC(c1ccccc1)N1CCCC1)c1ccccc1. The molecular formula is C26H27N3O2. The van der Waals surface area contributed by atoms with Crippen molar-refractivity contribution in [1.29, 1.82) is 0 Å². The number of benzene rings is 3. The van der Waals surface area contributed by atoms with Crippen LogP contribution in [0.2, 0.25) is 0 Å². The van der Waals surface area contributed by atoms with E-state index in [1.54, 1.807) is 24.3 Å². The first kappa shape index (κ1) is 20.8. The summed E-state index contributed by atoms with van der Waals surface area (Å²) in [7, 11) is 0. The van der Waals surface area contributed by atoms with Gasteiger partial charge in [0.05, 0.1) is 17.3 Å². The summed E-state index contributed by atoms with van der Waals surface area (Å²) in [6.45, 7) is 2.60. The van der Waals surface area contributed by atoms with Crippen molar-refractivity contribution in [1.82, 2.24) is 10.2 Å². The zero-order valence-corrected chi connectivity index (χ0v) is 17.5. The van der Waals surface area contributed by atoms with Crippen molar-refractivity contribution in [3.05, 3.63) is 102 Å². The molecule has 4 rings (SSSR count). The Morgan fingerprint density at radius 3 is 2.10 bits per heavy atom. The number of para-hydroxylation sites is 1. The molecule has 0 radical (unpaired) electrons. The van der Waals surface area contributed by atoms with E-state index in [2.05, 4.69) is 27.7 Å². The van der Waals surface area contributed by atoms with E-state index in [4.69, 9.17) is 0 Å². The minimum Gasteiger partial charge on any atom is -0.350 e. The quantitative estimate of drug-likeness (QED) is 0.599. The van der Waals surface area contributed by atoms with Crippen LogP contribution in [-0.4, -0.2) is 36.3 Å². The first-order valence-electron chi connectivity index (χ1n) is 10.7. The van der Waals surface area contributed by atoms with Gasteiger partial charge in [0.15, 0.2) is 0 Å². The smallest absolute Gasteiger partial charge is 0.255 e. The number of nitrogens with one attached hydrogen (secondary N) is 2.